The summed E-state index contributed by atoms with van der Waals surface area (Å²) in [7, 11) is 0. The second-order valence-electron chi connectivity index (χ2n) is 7.39. The monoisotopic (exact) mass is 363 g/mol. The third kappa shape index (κ3) is 3.71. The molecule has 1 N–H and O–H groups in total. The van der Waals surface area contributed by atoms with Gasteiger partial charge in [-0.2, -0.15) is 11.3 Å². The Morgan fingerprint density at radius 2 is 2.12 bits per heavy atom. The standard InChI is InChI=1S/C18H25N3O3S/c1-11(2)6-16-18(24)20-8-14(19-12(3)22)7-15(20)9-21(16)17(23)13-4-5-25-10-13/h4-5,10-11,14-16H,6-9H2,1-3H3,(H,19,22)/t14-,15-,16-/m0/s1. The van der Waals surface area contributed by atoms with Gasteiger partial charge in [0.05, 0.1) is 11.6 Å². The van der Waals surface area contributed by atoms with Crippen molar-refractivity contribution in [2.24, 2.45) is 5.92 Å². The first-order valence-electron chi connectivity index (χ1n) is 8.77. The maximum atomic E-state index is 13.1. The number of amides is 3. The number of carbonyl (C=O) groups excluding carboxylic acids is 3. The van der Waals surface area contributed by atoms with E-state index in [9.17, 15) is 14.4 Å². The first kappa shape index (κ1) is 17.9. The predicted molar refractivity (Wildman–Crippen MR) is 96.3 cm³/mol. The summed E-state index contributed by atoms with van der Waals surface area (Å²) in [4.78, 5) is 41.0. The van der Waals surface area contributed by atoms with E-state index in [4.69, 9.17) is 0 Å². The summed E-state index contributed by atoms with van der Waals surface area (Å²) in [6, 6.07) is 1.35. The van der Waals surface area contributed by atoms with Crippen LogP contribution in [-0.2, 0) is 9.59 Å². The van der Waals surface area contributed by atoms with Gasteiger partial charge in [-0.1, -0.05) is 13.8 Å². The van der Waals surface area contributed by atoms with Gasteiger partial charge in [-0.05, 0) is 30.2 Å². The van der Waals surface area contributed by atoms with Crippen molar-refractivity contribution in [2.75, 3.05) is 13.1 Å². The predicted octanol–water partition coefficient (Wildman–Crippen LogP) is 1.72. The quantitative estimate of drug-likeness (QED) is 0.886. The molecule has 2 saturated heterocycles. The fourth-order valence-electron chi connectivity index (χ4n) is 3.88. The molecule has 0 unspecified atom stereocenters. The molecule has 2 fully saturated rings. The van der Waals surface area contributed by atoms with Gasteiger partial charge in [-0.25, -0.2) is 0 Å². The molecule has 3 atom stereocenters. The molecule has 6 nitrogen and oxygen atoms in total. The summed E-state index contributed by atoms with van der Waals surface area (Å²) < 4.78 is 0. The first-order valence-corrected chi connectivity index (χ1v) is 9.71. The number of hydrogen-bond acceptors (Lipinski definition) is 4. The highest BCUT2D eigenvalue weighted by atomic mass is 32.1. The van der Waals surface area contributed by atoms with Crippen LogP contribution < -0.4 is 5.32 Å². The summed E-state index contributed by atoms with van der Waals surface area (Å²) >= 11 is 1.48. The molecule has 2 aliphatic heterocycles. The van der Waals surface area contributed by atoms with E-state index in [2.05, 4.69) is 19.2 Å². The second-order valence-corrected chi connectivity index (χ2v) is 8.17. The van der Waals surface area contributed by atoms with E-state index in [0.29, 0.717) is 37.4 Å². The van der Waals surface area contributed by atoms with Gasteiger partial charge in [-0.3, -0.25) is 14.4 Å². The van der Waals surface area contributed by atoms with Crippen molar-refractivity contribution >= 4 is 29.1 Å². The van der Waals surface area contributed by atoms with Crippen molar-refractivity contribution in [2.45, 2.75) is 51.7 Å². The highest BCUT2D eigenvalue weighted by Crippen LogP contribution is 2.30. The Hall–Kier alpha value is -1.89. The molecule has 0 radical (unpaired) electrons. The molecule has 0 saturated carbocycles. The Bertz CT molecular complexity index is 659. The van der Waals surface area contributed by atoms with Crippen molar-refractivity contribution < 1.29 is 14.4 Å². The van der Waals surface area contributed by atoms with Gasteiger partial charge in [0.1, 0.15) is 6.04 Å². The van der Waals surface area contributed by atoms with Crippen LogP contribution in [0.25, 0.3) is 0 Å². The topological polar surface area (TPSA) is 69.7 Å². The molecular weight excluding hydrogens is 338 g/mol. The van der Waals surface area contributed by atoms with Gasteiger partial charge in [0.2, 0.25) is 11.8 Å². The number of hydrogen-bond donors (Lipinski definition) is 1. The average Bonchev–Trinajstić information content (AvgIpc) is 3.17. The van der Waals surface area contributed by atoms with Crippen LogP contribution >= 0.6 is 11.3 Å². The molecule has 0 aliphatic carbocycles. The van der Waals surface area contributed by atoms with Crippen molar-refractivity contribution in [3.63, 3.8) is 0 Å². The van der Waals surface area contributed by atoms with Crippen molar-refractivity contribution in [1.82, 2.24) is 15.1 Å². The average molecular weight is 363 g/mol. The number of carbonyl (C=O) groups is 3. The highest BCUT2D eigenvalue weighted by molar-refractivity contribution is 7.08. The maximum Gasteiger partial charge on any atom is 0.255 e. The number of nitrogens with one attached hydrogen (secondary N) is 1. The number of piperazine rings is 1. The molecule has 3 rings (SSSR count). The van der Waals surface area contributed by atoms with Gasteiger partial charge < -0.3 is 15.1 Å². The molecule has 1 aromatic rings. The Labute approximate surface area is 152 Å². The molecule has 25 heavy (non-hydrogen) atoms. The summed E-state index contributed by atoms with van der Waals surface area (Å²) in [6.45, 7) is 6.70. The van der Waals surface area contributed by atoms with Crippen LogP contribution in [0.5, 0.6) is 0 Å². The van der Waals surface area contributed by atoms with E-state index in [0.717, 1.165) is 0 Å². The largest absolute Gasteiger partial charge is 0.352 e. The SMILES string of the molecule is CC(=O)N[C@H]1C[C@H]2CN(C(=O)c3ccsc3)[C@@H](CC(C)C)C(=O)N2C1. The van der Waals surface area contributed by atoms with Crippen molar-refractivity contribution in [1.29, 1.82) is 0 Å². The Morgan fingerprint density at radius 3 is 2.72 bits per heavy atom. The number of thiophene rings is 1. The minimum Gasteiger partial charge on any atom is -0.352 e. The second kappa shape index (κ2) is 7.15. The van der Waals surface area contributed by atoms with Crippen LogP contribution in [0.2, 0.25) is 0 Å². The minimum absolute atomic E-state index is 0.0152. The molecule has 3 amide bonds. The number of nitrogens with zero attached hydrogens (tertiary/aromatic N) is 2. The Kier molecular flexibility index (Phi) is 5.13. The molecule has 0 aromatic carbocycles. The van der Waals surface area contributed by atoms with Crippen LogP contribution in [0.1, 0.15) is 44.0 Å². The van der Waals surface area contributed by atoms with E-state index in [1.54, 1.807) is 4.90 Å². The zero-order chi connectivity index (χ0) is 18.1. The zero-order valence-electron chi connectivity index (χ0n) is 14.9. The first-order chi connectivity index (χ1) is 11.9. The fraction of sp³-hybridized carbons (Fsp3) is 0.611. The molecule has 136 valence electrons. The summed E-state index contributed by atoms with van der Waals surface area (Å²) in [5.74, 6) is 0.184. The third-order valence-electron chi connectivity index (χ3n) is 4.90. The molecule has 0 bridgehead atoms. The van der Waals surface area contributed by atoms with Crippen LogP contribution in [-0.4, -0.2) is 58.7 Å². The molecule has 0 spiro atoms. The zero-order valence-corrected chi connectivity index (χ0v) is 15.7. The van der Waals surface area contributed by atoms with Gasteiger partial charge in [-0.15, -0.1) is 0 Å². The van der Waals surface area contributed by atoms with Gasteiger partial charge in [0.25, 0.3) is 5.91 Å². The Morgan fingerprint density at radius 1 is 1.36 bits per heavy atom. The molecule has 7 heteroatoms. The fourth-order valence-corrected chi connectivity index (χ4v) is 4.51. The number of rotatable bonds is 4. The van der Waals surface area contributed by atoms with E-state index in [1.165, 1.54) is 18.3 Å². The van der Waals surface area contributed by atoms with E-state index in [1.807, 2.05) is 21.7 Å². The molecule has 2 aliphatic rings. The lowest BCUT2D eigenvalue weighted by molar-refractivity contribution is -0.142. The van der Waals surface area contributed by atoms with Gasteiger partial charge >= 0.3 is 0 Å². The highest BCUT2D eigenvalue weighted by Gasteiger charge is 2.47. The van der Waals surface area contributed by atoms with Crippen LogP contribution in [0.4, 0.5) is 0 Å². The van der Waals surface area contributed by atoms with E-state index in [-0.39, 0.29) is 29.8 Å². The smallest absolute Gasteiger partial charge is 0.255 e. The van der Waals surface area contributed by atoms with E-state index >= 15 is 0 Å². The van der Waals surface area contributed by atoms with Crippen molar-refractivity contribution in [3.05, 3.63) is 22.4 Å². The molecule has 1 aromatic heterocycles. The van der Waals surface area contributed by atoms with Crippen molar-refractivity contribution in [3.8, 4) is 0 Å². The summed E-state index contributed by atoms with van der Waals surface area (Å²) in [5, 5.41) is 6.63. The summed E-state index contributed by atoms with van der Waals surface area (Å²) in [6.07, 6.45) is 1.36. The lowest BCUT2D eigenvalue weighted by Crippen LogP contribution is -2.61. The van der Waals surface area contributed by atoms with Gasteiger partial charge in [0, 0.05) is 31.4 Å². The van der Waals surface area contributed by atoms with Crippen LogP contribution in [0.15, 0.2) is 16.8 Å². The van der Waals surface area contributed by atoms with Crippen LogP contribution in [0.3, 0.4) is 0 Å². The molecular formula is C18H25N3O3S. The maximum absolute atomic E-state index is 13.1. The minimum atomic E-state index is -0.417. The van der Waals surface area contributed by atoms with Crippen LogP contribution in [0, 0.1) is 5.92 Å². The summed E-state index contributed by atoms with van der Waals surface area (Å²) in [5.41, 5.74) is 0.649. The normalized spacial score (nSPS) is 26.1. The third-order valence-corrected chi connectivity index (χ3v) is 5.58. The number of fused-ring (bicyclic) bond motifs is 1. The van der Waals surface area contributed by atoms with Gasteiger partial charge in [0.15, 0.2) is 0 Å². The Balaban J connectivity index is 1.83. The van der Waals surface area contributed by atoms with E-state index < -0.39 is 6.04 Å². The molecule has 3 heterocycles. The lowest BCUT2D eigenvalue weighted by Gasteiger charge is -2.43. The lowest BCUT2D eigenvalue weighted by atomic mass is 9.96.